The van der Waals surface area contributed by atoms with Crippen molar-refractivity contribution in [3.63, 3.8) is 0 Å². The maximum Gasteiger partial charge on any atom is 0.226 e. The average molecular weight is 483 g/mol. The van der Waals surface area contributed by atoms with Gasteiger partial charge in [0.1, 0.15) is 5.82 Å². The molecule has 0 bridgehead atoms. The molecule has 36 heavy (non-hydrogen) atoms. The van der Waals surface area contributed by atoms with Crippen molar-refractivity contribution < 1.29 is 0 Å². The van der Waals surface area contributed by atoms with Crippen molar-refractivity contribution in [2.75, 3.05) is 18.4 Å². The number of anilines is 1. The van der Waals surface area contributed by atoms with Gasteiger partial charge in [-0.3, -0.25) is 4.90 Å². The van der Waals surface area contributed by atoms with Crippen LogP contribution in [0.3, 0.4) is 0 Å². The van der Waals surface area contributed by atoms with Gasteiger partial charge in [0.15, 0.2) is 11.5 Å². The third-order valence-corrected chi connectivity index (χ3v) is 7.66. The van der Waals surface area contributed by atoms with Gasteiger partial charge in [-0.15, -0.1) is 5.10 Å². The number of likely N-dealkylation sites (tertiary alicyclic amines) is 1. The molecule has 3 aromatic heterocycles. The van der Waals surface area contributed by atoms with Crippen molar-refractivity contribution in [2.45, 2.75) is 65.1 Å². The van der Waals surface area contributed by atoms with Gasteiger partial charge in [-0.2, -0.15) is 4.52 Å². The summed E-state index contributed by atoms with van der Waals surface area (Å²) in [7, 11) is 0. The average Bonchev–Trinajstić information content (AvgIpc) is 3.45. The maximum atomic E-state index is 4.96. The first kappa shape index (κ1) is 22.9. The first-order valence-electron chi connectivity index (χ1n) is 13.1. The van der Waals surface area contributed by atoms with Gasteiger partial charge in [-0.25, -0.2) is 15.0 Å². The zero-order chi connectivity index (χ0) is 24.6. The van der Waals surface area contributed by atoms with Crippen LogP contribution in [0, 0.1) is 6.92 Å². The van der Waals surface area contributed by atoms with E-state index < -0.39 is 0 Å². The quantitative estimate of drug-likeness (QED) is 0.357. The standard InChI is InChI=1S/C28H34N8/c1-19-9-8-10-20(2)34(19)18-16-29-28-31-23-12-5-4-11-22(23)27-32-26(33-36(27)28)15-17-35-21(3)30-24-13-6-7-14-25(24)35/h4-7,11-14,19-20H,8-10,15-18H2,1-3H3,(H,29,31)/t19-,20-/m1/s1. The van der Waals surface area contributed by atoms with E-state index in [9.17, 15) is 0 Å². The number of aromatic nitrogens is 6. The Hall–Kier alpha value is -3.52. The Balaban J connectivity index is 1.27. The fourth-order valence-electron chi connectivity index (χ4n) is 5.72. The molecule has 1 N–H and O–H groups in total. The number of imidazole rings is 1. The molecule has 8 nitrogen and oxygen atoms in total. The fourth-order valence-corrected chi connectivity index (χ4v) is 5.72. The van der Waals surface area contributed by atoms with Gasteiger partial charge in [-0.05, 0) is 57.9 Å². The number of rotatable bonds is 7. The molecule has 0 amide bonds. The van der Waals surface area contributed by atoms with Crippen LogP contribution < -0.4 is 5.32 Å². The van der Waals surface area contributed by atoms with Gasteiger partial charge >= 0.3 is 0 Å². The SMILES string of the molecule is Cc1nc2ccccc2n1CCc1nc2c3ccccc3nc(NCCN3[C@H](C)CCC[C@H]3C)n2n1. The molecule has 2 aromatic carbocycles. The molecule has 0 aliphatic carbocycles. The number of aryl methyl sites for hydroxylation is 3. The lowest BCUT2D eigenvalue weighted by Crippen LogP contribution is -2.45. The van der Waals surface area contributed by atoms with Crippen LogP contribution in [0.15, 0.2) is 48.5 Å². The summed E-state index contributed by atoms with van der Waals surface area (Å²) < 4.78 is 4.14. The zero-order valence-electron chi connectivity index (χ0n) is 21.4. The van der Waals surface area contributed by atoms with Crippen molar-refractivity contribution in [1.82, 2.24) is 34.0 Å². The Morgan fingerprint density at radius 2 is 1.64 bits per heavy atom. The number of nitrogens with zero attached hydrogens (tertiary/aromatic N) is 7. The van der Waals surface area contributed by atoms with Gasteiger partial charge in [-0.1, -0.05) is 30.7 Å². The van der Waals surface area contributed by atoms with E-state index in [1.54, 1.807) is 0 Å². The molecule has 0 unspecified atom stereocenters. The Morgan fingerprint density at radius 3 is 2.47 bits per heavy atom. The van der Waals surface area contributed by atoms with Crippen molar-refractivity contribution in [2.24, 2.45) is 0 Å². The largest absolute Gasteiger partial charge is 0.353 e. The first-order chi connectivity index (χ1) is 17.6. The number of hydrogen-bond donors (Lipinski definition) is 1. The van der Waals surface area contributed by atoms with Crippen molar-refractivity contribution in [3.05, 3.63) is 60.2 Å². The van der Waals surface area contributed by atoms with E-state index in [0.29, 0.717) is 12.1 Å². The third-order valence-electron chi connectivity index (χ3n) is 7.66. The van der Waals surface area contributed by atoms with E-state index in [1.165, 1.54) is 19.3 Å². The van der Waals surface area contributed by atoms with Crippen LogP contribution in [0.1, 0.15) is 44.8 Å². The summed E-state index contributed by atoms with van der Waals surface area (Å²) in [4.78, 5) is 17.2. The lowest BCUT2D eigenvalue weighted by molar-refractivity contribution is 0.109. The Morgan fingerprint density at radius 1 is 0.889 bits per heavy atom. The van der Waals surface area contributed by atoms with Gasteiger partial charge in [0.05, 0.1) is 16.6 Å². The van der Waals surface area contributed by atoms with Gasteiger partial charge in [0.2, 0.25) is 5.95 Å². The summed E-state index contributed by atoms with van der Waals surface area (Å²) >= 11 is 0. The minimum Gasteiger partial charge on any atom is -0.353 e. The molecule has 0 saturated carbocycles. The van der Waals surface area contributed by atoms with Crippen LogP contribution in [0.4, 0.5) is 5.95 Å². The first-order valence-corrected chi connectivity index (χ1v) is 13.1. The van der Waals surface area contributed by atoms with Crippen LogP contribution in [-0.2, 0) is 13.0 Å². The Kier molecular flexibility index (Phi) is 6.05. The number of para-hydroxylation sites is 3. The molecule has 0 radical (unpaired) electrons. The van der Waals surface area contributed by atoms with Crippen LogP contribution in [-0.4, -0.2) is 59.2 Å². The Bertz CT molecular complexity index is 1510. The summed E-state index contributed by atoms with van der Waals surface area (Å²) in [6.45, 7) is 9.34. The third kappa shape index (κ3) is 4.19. The number of nitrogens with one attached hydrogen (secondary N) is 1. The molecule has 1 aliphatic heterocycles. The highest BCUT2D eigenvalue weighted by Gasteiger charge is 2.24. The Labute approximate surface area is 211 Å². The van der Waals surface area contributed by atoms with Gasteiger partial charge < -0.3 is 9.88 Å². The molecular weight excluding hydrogens is 448 g/mol. The highest BCUT2D eigenvalue weighted by atomic mass is 15.4. The van der Waals surface area contributed by atoms with E-state index in [0.717, 1.165) is 71.2 Å². The summed E-state index contributed by atoms with van der Waals surface area (Å²) in [6.07, 6.45) is 4.61. The topological polar surface area (TPSA) is 76.2 Å². The predicted molar refractivity (Wildman–Crippen MR) is 144 cm³/mol. The van der Waals surface area contributed by atoms with E-state index in [-0.39, 0.29) is 0 Å². The molecule has 1 fully saturated rings. The van der Waals surface area contributed by atoms with E-state index in [4.69, 9.17) is 20.1 Å². The summed E-state index contributed by atoms with van der Waals surface area (Å²) in [5, 5.41) is 9.50. The molecule has 1 aliphatic rings. The maximum absolute atomic E-state index is 4.96. The van der Waals surface area contributed by atoms with E-state index >= 15 is 0 Å². The summed E-state index contributed by atoms with van der Waals surface area (Å²) in [5.41, 5.74) is 3.96. The molecule has 5 aromatic rings. The van der Waals surface area contributed by atoms with Crippen molar-refractivity contribution >= 4 is 33.5 Å². The molecule has 8 heteroatoms. The highest BCUT2D eigenvalue weighted by molar-refractivity contribution is 5.92. The summed E-state index contributed by atoms with van der Waals surface area (Å²) in [5.74, 6) is 2.58. The zero-order valence-corrected chi connectivity index (χ0v) is 21.4. The second-order valence-corrected chi connectivity index (χ2v) is 10.1. The second-order valence-electron chi connectivity index (χ2n) is 10.1. The van der Waals surface area contributed by atoms with Crippen LogP contribution in [0.5, 0.6) is 0 Å². The highest BCUT2D eigenvalue weighted by Crippen LogP contribution is 2.23. The predicted octanol–water partition coefficient (Wildman–Crippen LogP) is 4.85. The van der Waals surface area contributed by atoms with Crippen molar-refractivity contribution in [3.8, 4) is 0 Å². The monoisotopic (exact) mass is 482 g/mol. The number of hydrogen-bond acceptors (Lipinski definition) is 6. The lowest BCUT2D eigenvalue weighted by Gasteiger charge is -2.39. The smallest absolute Gasteiger partial charge is 0.226 e. The van der Waals surface area contributed by atoms with Gasteiger partial charge in [0.25, 0.3) is 0 Å². The van der Waals surface area contributed by atoms with Crippen LogP contribution >= 0.6 is 0 Å². The lowest BCUT2D eigenvalue weighted by atomic mass is 9.98. The second kappa shape index (κ2) is 9.50. The molecule has 4 heterocycles. The van der Waals surface area contributed by atoms with Crippen LogP contribution in [0.2, 0.25) is 0 Å². The van der Waals surface area contributed by atoms with Crippen LogP contribution in [0.25, 0.3) is 27.6 Å². The number of benzene rings is 2. The summed E-state index contributed by atoms with van der Waals surface area (Å²) in [6, 6.07) is 17.7. The molecule has 186 valence electrons. The number of fused-ring (bicyclic) bond motifs is 4. The molecule has 1 saturated heterocycles. The van der Waals surface area contributed by atoms with Crippen molar-refractivity contribution in [1.29, 1.82) is 0 Å². The minimum atomic E-state index is 0.626. The molecule has 6 rings (SSSR count). The molecule has 0 spiro atoms. The minimum absolute atomic E-state index is 0.626. The molecule has 2 atom stereocenters. The van der Waals surface area contributed by atoms with E-state index in [2.05, 4.69) is 59.8 Å². The molecular formula is C28H34N8. The normalized spacial score (nSPS) is 19.0. The van der Waals surface area contributed by atoms with E-state index in [1.807, 2.05) is 28.8 Å². The fraction of sp³-hybridized carbons (Fsp3) is 0.429. The van der Waals surface area contributed by atoms with Gasteiger partial charge in [0, 0.05) is 43.5 Å². The number of piperidine rings is 1.